The Morgan fingerprint density at radius 1 is 1.41 bits per heavy atom. The van der Waals surface area contributed by atoms with E-state index < -0.39 is 12.0 Å². The van der Waals surface area contributed by atoms with Crippen LogP contribution in [0.5, 0.6) is 0 Å². The van der Waals surface area contributed by atoms with E-state index in [2.05, 4.69) is 19.2 Å². The van der Waals surface area contributed by atoms with Crippen LogP contribution in [0.15, 0.2) is 24.3 Å². The maximum absolute atomic E-state index is 11.4. The van der Waals surface area contributed by atoms with Crippen LogP contribution in [0.2, 0.25) is 0 Å². The molecule has 0 aromatic heterocycles. The van der Waals surface area contributed by atoms with Gasteiger partial charge in [-0.2, -0.15) is 0 Å². The first-order valence-corrected chi connectivity index (χ1v) is 5.87. The molecule has 0 aliphatic heterocycles. The minimum atomic E-state index is -1.15. The second kappa shape index (κ2) is 6.37. The number of rotatable bonds is 5. The molecule has 1 amide bonds. The molecule has 2 atom stereocenters. The molecule has 1 aromatic carbocycles. The van der Waals surface area contributed by atoms with E-state index in [1.165, 1.54) is 5.56 Å². The van der Waals surface area contributed by atoms with E-state index in [9.17, 15) is 9.90 Å². The van der Waals surface area contributed by atoms with Gasteiger partial charge in [0.05, 0.1) is 0 Å². The van der Waals surface area contributed by atoms with Crippen LogP contribution in [0.4, 0.5) is 5.69 Å². The van der Waals surface area contributed by atoms with Crippen molar-refractivity contribution in [2.75, 3.05) is 11.9 Å². The molecule has 0 saturated carbocycles. The van der Waals surface area contributed by atoms with Crippen LogP contribution >= 0.6 is 0 Å². The van der Waals surface area contributed by atoms with Gasteiger partial charge in [0.25, 0.3) is 5.91 Å². The van der Waals surface area contributed by atoms with E-state index in [0.29, 0.717) is 11.6 Å². The van der Waals surface area contributed by atoms with Crippen molar-refractivity contribution < 1.29 is 9.90 Å². The standard InChI is InChI=1S/C13H20N2O2/c1-3-9(2)10-4-6-11(7-5-10)15-13(17)12(16)8-14/h4-7,9,12,16H,3,8,14H2,1-2H3,(H,15,17). The Morgan fingerprint density at radius 2 is 2.00 bits per heavy atom. The molecule has 0 saturated heterocycles. The van der Waals surface area contributed by atoms with Crippen molar-refractivity contribution >= 4 is 11.6 Å². The van der Waals surface area contributed by atoms with E-state index in [0.717, 1.165) is 6.42 Å². The first kappa shape index (κ1) is 13.7. The molecule has 0 heterocycles. The highest BCUT2D eigenvalue weighted by molar-refractivity contribution is 5.94. The van der Waals surface area contributed by atoms with Gasteiger partial charge in [-0.3, -0.25) is 4.79 Å². The number of nitrogens with one attached hydrogen (secondary N) is 1. The molecule has 0 aliphatic rings. The molecular weight excluding hydrogens is 216 g/mol. The normalized spacial score (nSPS) is 14.1. The average Bonchev–Trinajstić information content (AvgIpc) is 2.37. The molecule has 2 unspecified atom stereocenters. The van der Waals surface area contributed by atoms with Crippen molar-refractivity contribution in [3.8, 4) is 0 Å². The van der Waals surface area contributed by atoms with Crippen molar-refractivity contribution in [1.82, 2.24) is 0 Å². The van der Waals surface area contributed by atoms with E-state index in [1.54, 1.807) is 0 Å². The number of aliphatic hydroxyl groups excluding tert-OH is 1. The zero-order valence-corrected chi connectivity index (χ0v) is 10.3. The topological polar surface area (TPSA) is 75.3 Å². The summed E-state index contributed by atoms with van der Waals surface area (Å²) in [4.78, 5) is 11.4. The number of carbonyl (C=O) groups excluding carboxylic acids is 1. The van der Waals surface area contributed by atoms with Gasteiger partial charge in [-0.05, 0) is 30.0 Å². The van der Waals surface area contributed by atoms with Gasteiger partial charge in [0.15, 0.2) is 0 Å². The summed E-state index contributed by atoms with van der Waals surface area (Å²) in [6.07, 6.45) is -0.0679. The van der Waals surface area contributed by atoms with Gasteiger partial charge in [-0.1, -0.05) is 26.0 Å². The molecule has 0 bridgehead atoms. The number of hydrogen-bond donors (Lipinski definition) is 3. The van der Waals surface area contributed by atoms with Crippen molar-refractivity contribution in [2.45, 2.75) is 32.3 Å². The summed E-state index contributed by atoms with van der Waals surface area (Å²) in [6, 6.07) is 7.64. The fourth-order valence-electron chi connectivity index (χ4n) is 1.46. The molecule has 4 N–H and O–H groups in total. The number of amides is 1. The summed E-state index contributed by atoms with van der Waals surface area (Å²) in [6.45, 7) is 4.22. The predicted molar refractivity (Wildman–Crippen MR) is 68.8 cm³/mol. The minimum Gasteiger partial charge on any atom is -0.382 e. The molecule has 17 heavy (non-hydrogen) atoms. The summed E-state index contributed by atoms with van der Waals surface area (Å²) < 4.78 is 0. The molecule has 4 heteroatoms. The number of benzene rings is 1. The number of nitrogens with two attached hydrogens (primary N) is 1. The second-order valence-corrected chi connectivity index (χ2v) is 4.17. The van der Waals surface area contributed by atoms with Crippen LogP contribution in [0.1, 0.15) is 31.7 Å². The monoisotopic (exact) mass is 236 g/mol. The molecule has 0 radical (unpaired) electrons. The highest BCUT2D eigenvalue weighted by Crippen LogP contribution is 2.20. The lowest BCUT2D eigenvalue weighted by molar-refractivity contribution is -0.123. The van der Waals surface area contributed by atoms with Crippen molar-refractivity contribution in [3.05, 3.63) is 29.8 Å². The largest absolute Gasteiger partial charge is 0.382 e. The molecule has 4 nitrogen and oxygen atoms in total. The lowest BCUT2D eigenvalue weighted by Gasteiger charge is -2.12. The van der Waals surface area contributed by atoms with Gasteiger partial charge in [0.2, 0.25) is 0 Å². The number of anilines is 1. The number of hydrogen-bond acceptors (Lipinski definition) is 3. The van der Waals surface area contributed by atoms with Crippen LogP contribution in [-0.2, 0) is 4.79 Å². The number of carbonyl (C=O) groups is 1. The number of aliphatic hydroxyl groups is 1. The van der Waals surface area contributed by atoms with Crippen LogP contribution in [0.3, 0.4) is 0 Å². The zero-order chi connectivity index (χ0) is 12.8. The van der Waals surface area contributed by atoms with Crippen LogP contribution in [-0.4, -0.2) is 23.7 Å². The van der Waals surface area contributed by atoms with Crippen molar-refractivity contribution in [3.63, 3.8) is 0 Å². The first-order chi connectivity index (χ1) is 8.08. The smallest absolute Gasteiger partial charge is 0.254 e. The maximum Gasteiger partial charge on any atom is 0.254 e. The van der Waals surface area contributed by atoms with E-state index >= 15 is 0 Å². The van der Waals surface area contributed by atoms with E-state index in [4.69, 9.17) is 5.73 Å². The molecule has 94 valence electrons. The molecule has 0 aliphatic carbocycles. The van der Waals surface area contributed by atoms with Crippen LogP contribution < -0.4 is 11.1 Å². The van der Waals surface area contributed by atoms with Crippen LogP contribution in [0.25, 0.3) is 0 Å². The molecular formula is C13H20N2O2. The first-order valence-electron chi connectivity index (χ1n) is 5.87. The van der Waals surface area contributed by atoms with E-state index in [1.807, 2.05) is 24.3 Å². The Bertz CT molecular complexity index is 362. The van der Waals surface area contributed by atoms with Crippen molar-refractivity contribution in [1.29, 1.82) is 0 Å². The summed E-state index contributed by atoms with van der Waals surface area (Å²) in [5, 5.41) is 11.8. The predicted octanol–water partition coefficient (Wildman–Crippen LogP) is 1.46. The van der Waals surface area contributed by atoms with Crippen molar-refractivity contribution in [2.24, 2.45) is 5.73 Å². The van der Waals surface area contributed by atoms with Gasteiger partial charge >= 0.3 is 0 Å². The third-order valence-electron chi connectivity index (χ3n) is 2.89. The quantitative estimate of drug-likeness (QED) is 0.724. The fraction of sp³-hybridized carbons (Fsp3) is 0.462. The Labute approximate surface area is 102 Å². The lowest BCUT2D eigenvalue weighted by atomic mass is 9.99. The summed E-state index contributed by atoms with van der Waals surface area (Å²) in [5.41, 5.74) is 7.11. The summed E-state index contributed by atoms with van der Waals surface area (Å²) in [7, 11) is 0. The maximum atomic E-state index is 11.4. The van der Waals surface area contributed by atoms with Gasteiger partial charge in [0, 0.05) is 12.2 Å². The zero-order valence-electron chi connectivity index (χ0n) is 10.3. The van der Waals surface area contributed by atoms with Crippen LogP contribution in [0, 0.1) is 0 Å². The molecule has 1 rings (SSSR count). The summed E-state index contributed by atoms with van der Waals surface area (Å²) in [5.74, 6) is 0.0400. The van der Waals surface area contributed by atoms with E-state index in [-0.39, 0.29) is 6.54 Å². The molecule has 0 fully saturated rings. The summed E-state index contributed by atoms with van der Waals surface area (Å²) >= 11 is 0. The second-order valence-electron chi connectivity index (χ2n) is 4.17. The highest BCUT2D eigenvalue weighted by Gasteiger charge is 2.12. The lowest BCUT2D eigenvalue weighted by Crippen LogP contribution is -2.34. The fourth-order valence-corrected chi connectivity index (χ4v) is 1.46. The van der Waals surface area contributed by atoms with Gasteiger partial charge in [0.1, 0.15) is 6.10 Å². The Hall–Kier alpha value is -1.39. The van der Waals surface area contributed by atoms with Gasteiger partial charge in [-0.25, -0.2) is 0 Å². The van der Waals surface area contributed by atoms with Gasteiger partial charge < -0.3 is 16.2 Å². The minimum absolute atomic E-state index is 0.0726. The average molecular weight is 236 g/mol. The Balaban J connectivity index is 2.65. The Kier molecular flexibility index (Phi) is 5.12. The third kappa shape index (κ3) is 3.84. The third-order valence-corrected chi connectivity index (χ3v) is 2.89. The highest BCUT2D eigenvalue weighted by atomic mass is 16.3. The molecule has 1 aromatic rings. The van der Waals surface area contributed by atoms with Gasteiger partial charge in [-0.15, -0.1) is 0 Å². The SMILES string of the molecule is CCC(C)c1ccc(NC(=O)C(O)CN)cc1. The Morgan fingerprint density at radius 3 is 2.47 bits per heavy atom. The molecule has 0 spiro atoms.